The molecule has 0 radical (unpaired) electrons. The van der Waals surface area contributed by atoms with Crippen LogP contribution in [0.1, 0.15) is 30.8 Å². The van der Waals surface area contributed by atoms with Crippen molar-refractivity contribution in [2.24, 2.45) is 0 Å². The standard InChI is InChI=1S/C17H15F4N3/c1-11(2)24(15-7-6-12(9-22)8-14(15)18)10-13-4-3-5-16(23-13)17(19,20)21/h3-8,11H,10H2,1-2H3. The summed E-state index contributed by atoms with van der Waals surface area (Å²) in [6.45, 7) is 3.61. The second-order valence-corrected chi connectivity index (χ2v) is 5.51. The van der Waals surface area contributed by atoms with E-state index in [4.69, 9.17) is 5.26 Å². The van der Waals surface area contributed by atoms with Gasteiger partial charge in [0.05, 0.1) is 29.6 Å². The van der Waals surface area contributed by atoms with Gasteiger partial charge >= 0.3 is 6.18 Å². The maximum absolute atomic E-state index is 14.2. The molecule has 0 saturated carbocycles. The molecule has 0 unspecified atom stereocenters. The van der Waals surface area contributed by atoms with Gasteiger partial charge in [-0.15, -0.1) is 0 Å². The first-order valence-electron chi connectivity index (χ1n) is 7.22. The molecule has 1 heterocycles. The number of nitrogens with zero attached hydrogens (tertiary/aromatic N) is 3. The molecule has 7 heteroatoms. The number of pyridine rings is 1. The van der Waals surface area contributed by atoms with Crippen molar-refractivity contribution in [2.75, 3.05) is 4.90 Å². The Morgan fingerprint density at radius 1 is 1.21 bits per heavy atom. The first kappa shape index (κ1) is 17.7. The molecule has 0 saturated heterocycles. The normalized spacial score (nSPS) is 11.4. The Morgan fingerprint density at radius 3 is 2.46 bits per heavy atom. The molecule has 0 N–H and O–H groups in total. The van der Waals surface area contributed by atoms with Gasteiger partial charge in [-0.2, -0.15) is 18.4 Å². The number of benzene rings is 1. The fourth-order valence-electron chi connectivity index (χ4n) is 2.26. The molecule has 24 heavy (non-hydrogen) atoms. The van der Waals surface area contributed by atoms with Gasteiger partial charge in [-0.1, -0.05) is 6.07 Å². The van der Waals surface area contributed by atoms with Gasteiger partial charge in [-0.3, -0.25) is 0 Å². The monoisotopic (exact) mass is 337 g/mol. The highest BCUT2D eigenvalue weighted by molar-refractivity contribution is 5.52. The van der Waals surface area contributed by atoms with E-state index >= 15 is 0 Å². The van der Waals surface area contributed by atoms with Crippen molar-refractivity contribution < 1.29 is 17.6 Å². The predicted molar refractivity (Wildman–Crippen MR) is 81.7 cm³/mol. The van der Waals surface area contributed by atoms with Crippen LogP contribution in [0.3, 0.4) is 0 Å². The average Bonchev–Trinajstić information content (AvgIpc) is 2.52. The van der Waals surface area contributed by atoms with Crippen LogP contribution in [0, 0.1) is 17.1 Å². The summed E-state index contributed by atoms with van der Waals surface area (Å²) >= 11 is 0. The average molecular weight is 337 g/mol. The predicted octanol–water partition coefficient (Wildman–Crippen LogP) is 4.53. The molecule has 1 aromatic carbocycles. The van der Waals surface area contributed by atoms with Gasteiger partial charge in [0.2, 0.25) is 0 Å². The summed E-state index contributed by atoms with van der Waals surface area (Å²) in [4.78, 5) is 5.21. The fraction of sp³-hybridized carbons (Fsp3) is 0.294. The highest BCUT2D eigenvalue weighted by Crippen LogP contribution is 2.28. The first-order valence-corrected chi connectivity index (χ1v) is 7.22. The molecule has 0 bridgehead atoms. The Bertz CT molecular complexity index is 763. The summed E-state index contributed by atoms with van der Waals surface area (Å²) in [7, 11) is 0. The Balaban J connectivity index is 2.35. The van der Waals surface area contributed by atoms with Crippen molar-refractivity contribution in [3.05, 3.63) is 59.2 Å². The van der Waals surface area contributed by atoms with Crippen LogP contribution in [0.25, 0.3) is 0 Å². The minimum Gasteiger partial charge on any atom is -0.361 e. The van der Waals surface area contributed by atoms with Crippen molar-refractivity contribution in [3.63, 3.8) is 0 Å². The van der Waals surface area contributed by atoms with E-state index in [1.165, 1.54) is 24.3 Å². The molecule has 0 spiro atoms. The number of anilines is 1. The minimum absolute atomic E-state index is 0.0183. The maximum atomic E-state index is 14.2. The molecule has 1 aromatic heterocycles. The number of rotatable bonds is 4. The van der Waals surface area contributed by atoms with Crippen LogP contribution in [0.4, 0.5) is 23.2 Å². The number of alkyl halides is 3. The molecular weight excluding hydrogens is 322 g/mol. The molecule has 2 aromatic rings. The lowest BCUT2D eigenvalue weighted by molar-refractivity contribution is -0.141. The second kappa shape index (κ2) is 6.87. The van der Waals surface area contributed by atoms with Crippen molar-refractivity contribution in [3.8, 4) is 6.07 Å². The van der Waals surface area contributed by atoms with E-state index in [0.717, 1.165) is 12.1 Å². The van der Waals surface area contributed by atoms with Gasteiger partial charge in [0.1, 0.15) is 11.5 Å². The summed E-state index contributed by atoms with van der Waals surface area (Å²) in [5, 5.41) is 8.80. The molecule has 0 atom stereocenters. The molecular formula is C17H15F4N3. The molecule has 0 aliphatic rings. The third kappa shape index (κ3) is 4.02. The van der Waals surface area contributed by atoms with Crippen molar-refractivity contribution >= 4 is 5.69 Å². The van der Waals surface area contributed by atoms with Gasteiger partial charge < -0.3 is 4.90 Å². The lowest BCUT2D eigenvalue weighted by Gasteiger charge is -2.29. The molecule has 126 valence electrons. The van der Waals surface area contributed by atoms with Crippen LogP contribution < -0.4 is 4.90 Å². The Labute approximate surface area is 137 Å². The maximum Gasteiger partial charge on any atom is 0.433 e. The van der Waals surface area contributed by atoms with E-state index in [1.807, 2.05) is 6.07 Å². The van der Waals surface area contributed by atoms with E-state index in [1.54, 1.807) is 18.7 Å². The molecule has 0 aliphatic carbocycles. The Kier molecular flexibility index (Phi) is 5.07. The van der Waals surface area contributed by atoms with Gasteiger partial charge in [0.15, 0.2) is 0 Å². The van der Waals surface area contributed by atoms with Crippen LogP contribution in [0.15, 0.2) is 36.4 Å². The second-order valence-electron chi connectivity index (χ2n) is 5.51. The van der Waals surface area contributed by atoms with E-state index in [2.05, 4.69) is 4.98 Å². The minimum atomic E-state index is -4.53. The number of hydrogen-bond donors (Lipinski definition) is 0. The van der Waals surface area contributed by atoms with E-state index in [-0.39, 0.29) is 29.5 Å². The Hall–Kier alpha value is -2.62. The van der Waals surface area contributed by atoms with E-state index in [0.29, 0.717) is 0 Å². The lowest BCUT2D eigenvalue weighted by atomic mass is 10.1. The van der Waals surface area contributed by atoms with Gasteiger partial charge in [0, 0.05) is 6.04 Å². The summed E-state index contributed by atoms with van der Waals surface area (Å²) in [6.07, 6.45) is -4.53. The zero-order chi connectivity index (χ0) is 17.9. The van der Waals surface area contributed by atoms with Gasteiger partial charge in [-0.05, 0) is 44.2 Å². The molecule has 3 nitrogen and oxygen atoms in total. The summed E-state index contributed by atoms with van der Waals surface area (Å²) in [5.41, 5.74) is -0.411. The number of halogens is 4. The van der Waals surface area contributed by atoms with Crippen LogP contribution in [0.2, 0.25) is 0 Å². The van der Waals surface area contributed by atoms with Crippen LogP contribution in [-0.4, -0.2) is 11.0 Å². The largest absolute Gasteiger partial charge is 0.433 e. The first-order chi connectivity index (χ1) is 11.2. The van der Waals surface area contributed by atoms with E-state index < -0.39 is 17.7 Å². The third-order valence-electron chi connectivity index (χ3n) is 3.44. The molecule has 0 amide bonds. The van der Waals surface area contributed by atoms with Crippen LogP contribution >= 0.6 is 0 Å². The fourth-order valence-corrected chi connectivity index (χ4v) is 2.26. The molecule has 0 fully saturated rings. The Morgan fingerprint density at radius 2 is 1.92 bits per heavy atom. The highest BCUT2D eigenvalue weighted by Gasteiger charge is 2.32. The van der Waals surface area contributed by atoms with Crippen molar-refractivity contribution in [1.82, 2.24) is 4.98 Å². The number of hydrogen-bond acceptors (Lipinski definition) is 3. The summed E-state index contributed by atoms with van der Waals surface area (Å²) in [6, 6.07) is 9.31. The zero-order valence-corrected chi connectivity index (χ0v) is 13.1. The SMILES string of the molecule is CC(C)N(Cc1cccc(C(F)(F)F)n1)c1ccc(C#N)cc1F. The molecule has 2 rings (SSSR count). The third-order valence-corrected chi connectivity index (χ3v) is 3.44. The van der Waals surface area contributed by atoms with E-state index in [9.17, 15) is 17.6 Å². The van der Waals surface area contributed by atoms with Crippen LogP contribution in [-0.2, 0) is 12.7 Å². The zero-order valence-electron chi connectivity index (χ0n) is 13.1. The molecule has 0 aliphatic heterocycles. The smallest absolute Gasteiger partial charge is 0.361 e. The lowest BCUT2D eigenvalue weighted by Crippen LogP contribution is -2.31. The topological polar surface area (TPSA) is 39.9 Å². The van der Waals surface area contributed by atoms with Gasteiger partial charge in [-0.25, -0.2) is 9.37 Å². The highest BCUT2D eigenvalue weighted by atomic mass is 19.4. The number of aromatic nitrogens is 1. The van der Waals surface area contributed by atoms with Gasteiger partial charge in [0.25, 0.3) is 0 Å². The van der Waals surface area contributed by atoms with Crippen LogP contribution in [0.5, 0.6) is 0 Å². The summed E-state index contributed by atoms with van der Waals surface area (Å²) < 4.78 is 52.5. The van der Waals surface area contributed by atoms with Crippen molar-refractivity contribution in [1.29, 1.82) is 5.26 Å². The number of nitriles is 1. The summed E-state index contributed by atoms with van der Waals surface area (Å²) in [5.74, 6) is -0.602. The van der Waals surface area contributed by atoms with Crippen molar-refractivity contribution in [2.45, 2.75) is 32.6 Å². The quantitative estimate of drug-likeness (QED) is 0.770.